The maximum atomic E-state index is 11.5. The fourth-order valence-corrected chi connectivity index (χ4v) is 1.20. The van der Waals surface area contributed by atoms with E-state index < -0.39 is 5.97 Å². The molecule has 17 heavy (non-hydrogen) atoms. The summed E-state index contributed by atoms with van der Waals surface area (Å²) in [5.41, 5.74) is 1.09. The van der Waals surface area contributed by atoms with Gasteiger partial charge in [0.25, 0.3) is 0 Å². The molecule has 0 aromatic heterocycles. The van der Waals surface area contributed by atoms with Crippen molar-refractivity contribution in [3.8, 4) is 17.9 Å². The van der Waals surface area contributed by atoms with Crippen molar-refractivity contribution in [2.75, 3.05) is 0 Å². The zero-order valence-electron chi connectivity index (χ0n) is 8.93. The lowest BCUT2D eigenvalue weighted by Crippen LogP contribution is -2.03. The van der Waals surface area contributed by atoms with Crippen LogP contribution in [-0.4, -0.2) is 16.9 Å². The van der Waals surface area contributed by atoms with Crippen LogP contribution in [-0.2, 0) is 4.79 Å². The standard InChI is InChI=1S/C13H9NO3/c14-9-1-2-10-3-5-11(6-4-10)12(15)7-8-13(16)17/h3-6H,7-8H2,(H,16,17). The van der Waals surface area contributed by atoms with Crippen molar-refractivity contribution in [1.82, 2.24) is 0 Å². The van der Waals surface area contributed by atoms with Crippen molar-refractivity contribution in [3.05, 3.63) is 35.4 Å². The Kier molecular flexibility index (Phi) is 4.47. The summed E-state index contributed by atoms with van der Waals surface area (Å²) in [5.74, 6) is 3.63. The molecule has 0 spiro atoms. The average molecular weight is 227 g/mol. The van der Waals surface area contributed by atoms with E-state index in [9.17, 15) is 9.59 Å². The number of carboxylic acid groups (broad SMARTS) is 1. The Balaban J connectivity index is 2.71. The third-order valence-electron chi connectivity index (χ3n) is 2.04. The summed E-state index contributed by atoms with van der Waals surface area (Å²) >= 11 is 0. The number of rotatable bonds is 4. The molecule has 0 fully saturated rings. The van der Waals surface area contributed by atoms with Crippen molar-refractivity contribution < 1.29 is 14.7 Å². The topological polar surface area (TPSA) is 78.2 Å². The van der Waals surface area contributed by atoms with Crippen LogP contribution >= 0.6 is 0 Å². The van der Waals surface area contributed by atoms with Crippen molar-refractivity contribution in [2.45, 2.75) is 12.8 Å². The summed E-state index contributed by atoms with van der Waals surface area (Å²) in [6.07, 6.45) is -0.187. The molecule has 1 rings (SSSR count). The molecular weight excluding hydrogens is 218 g/mol. The third-order valence-corrected chi connectivity index (χ3v) is 2.04. The number of carbonyl (C=O) groups excluding carboxylic acids is 1. The third kappa shape index (κ3) is 4.19. The number of nitrogens with zero attached hydrogens (tertiary/aromatic N) is 1. The molecule has 4 nitrogen and oxygen atoms in total. The smallest absolute Gasteiger partial charge is 0.303 e. The predicted molar refractivity (Wildman–Crippen MR) is 60.1 cm³/mol. The van der Waals surface area contributed by atoms with Gasteiger partial charge in [0.2, 0.25) is 0 Å². The molecule has 0 saturated carbocycles. The summed E-state index contributed by atoms with van der Waals surface area (Å²) in [6.45, 7) is 0. The second kappa shape index (κ2) is 6.09. The van der Waals surface area contributed by atoms with Gasteiger partial charge in [0.15, 0.2) is 11.9 Å². The lowest BCUT2D eigenvalue weighted by Gasteiger charge is -1.99. The molecule has 0 radical (unpaired) electrons. The molecular formula is C13H9NO3. The molecule has 0 aliphatic heterocycles. The minimum atomic E-state index is -0.991. The first-order valence-corrected chi connectivity index (χ1v) is 4.88. The molecule has 0 heterocycles. The van der Waals surface area contributed by atoms with Gasteiger partial charge in [0.1, 0.15) is 0 Å². The van der Waals surface area contributed by atoms with Crippen molar-refractivity contribution in [1.29, 1.82) is 5.26 Å². The first kappa shape index (κ1) is 12.5. The monoisotopic (exact) mass is 227 g/mol. The Morgan fingerprint density at radius 2 is 1.82 bits per heavy atom. The number of ketones is 1. The van der Waals surface area contributed by atoms with Gasteiger partial charge in [-0.3, -0.25) is 9.59 Å². The number of Topliss-reactive ketones (excluding diaryl/α,β-unsaturated/α-hetero) is 1. The number of hydrogen-bond donors (Lipinski definition) is 1. The maximum Gasteiger partial charge on any atom is 0.303 e. The molecule has 0 aliphatic carbocycles. The minimum Gasteiger partial charge on any atom is -0.481 e. The van der Waals surface area contributed by atoms with Gasteiger partial charge in [-0.15, -0.1) is 0 Å². The van der Waals surface area contributed by atoms with Gasteiger partial charge in [-0.05, 0) is 12.1 Å². The van der Waals surface area contributed by atoms with Crippen LogP contribution in [0.2, 0.25) is 0 Å². The summed E-state index contributed by atoms with van der Waals surface area (Å²) in [4.78, 5) is 21.8. The molecule has 0 saturated heterocycles. The first-order valence-electron chi connectivity index (χ1n) is 4.88. The van der Waals surface area contributed by atoms with E-state index in [1.165, 1.54) is 0 Å². The van der Waals surface area contributed by atoms with E-state index >= 15 is 0 Å². The van der Waals surface area contributed by atoms with Crippen LogP contribution < -0.4 is 0 Å². The molecule has 0 unspecified atom stereocenters. The van der Waals surface area contributed by atoms with E-state index in [4.69, 9.17) is 10.4 Å². The summed E-state index contributed by atoms with van der Waals surface area (Å²) in [5, 5.41) is 16.7. The second-order valence-electron chi connectivity index (χ2n) is 3.26. The second-order valence-corrected chi connectivity index (χ2v) is 3.26. The number of nitriles is 1. The van der Waals surface area contributed by atoms with Crippen LogP contribution in [0.5, 0.6) is 0 Å². The normalized spacial score (nSPS) is 8.65. The summed E-state index contributed by atoms with van der Waals surface area (Å²) in [7, 11) is 0. The largest absolute Gasteiger partial charge is 0.481 e. The Morgan fingerprint density at radius 1 is 1.18 bits per heavy atom. The molecule has 1 aromatic rings. The van der Waals surface area contributed by atoms with Crippen molar-refractivity contribution >= 4 is 11.8 Å². The van der Waals surface area contributed by atoms with Gasteiger partial charge in [-0.1, -0.05) is 18.1 Å². The zero-order chi connectivity index (χ0) is 12.7. The molecule has 4 heteroatoms. The van der Waals surface area contributed by atoms with Crippen LogP contribution in [0.15, 0.2) is 24.3 Å². The highest BCUT2D eigenvalue weighted by Gasteiger charge is 2.07. The zero-order valence-corrected chi connectivity index (χ0v) is 8.93. The number of carboxylic acids is 1. The Bertz CT molecular complexity index is 527. The number of aliphatic carboxylic acids is 1. The van der Waals surface area contributed by atoms with Crippen LogP contribution in [0.3, 0.4) is 0 Å². The molecule has 0 atom stereocenters. The SMILES string of the molecule is N#CC#Cc1ccc(C(=O)CCC(=O)O)cc1. The highest BCUT2D eigenvalue weighted by Crippen LogP contribution is 2.07. The van der Waals surface area contributed by atoms with E-state index in [2.05, 4.69) is 11.8 Å². The van der Waals surface area contributed by atoms with Gasteiger partial charge < -0.3 is 5.11 Å². The fourth-order valence-electron chi connectivity index (χ4n) is 1.20. The van der Waals surface area contributed by atoms with E-state index in [-0.39, 0.29) is 18.6 Å². The number of carbonyl (C=O) groups is 2. The van der Waals surface area contributed by atoms with E-state index in [0.717, 1.165) is 0 Å². The van der Waals surface area contributed by atoms with Gasteiger partial charge in [0.05, 0.1) is 6.42 Å². The van der Waals surface area contributed by atoms with E-state index in [0.29, 0.717) is 11.1 Å². The lowest BCUT2D eigenvalue weighted by atomic mass is 10.0. The molecule has 0 bridgehead atoms. The predicted octanol–water partition coefficient (Wildman–Crippen LogP) is 1.61. The van der Waals surface area contributed by atoms with Gasteiger partial charge >= 0.3 is 5.97 Å². The summed E-state index contributed by atoms with van der Waals surface area (Å²) in [6, 6.07) is 8.09. The van der Waals surface area contributed by atoms with Gasteiger partial charge in [-0.25, -0.2) is 0 Å². The van der Waals surface area contributed by atoms with Gasteiger partial charge in [0, 0.05) is 23.5 Å². The highest BCUT2D eigenvalue weighted by molar-refractivity contribution is 5.97. The lowest BCUT2D eigenvalue weighted by molar-refractivity contribution is -0.136. The van der Waals surface area contributed by atoms with Crippen molar-refractivity contribution in [2.24, 2.45) is 0 Å². The average Bonchev–Trinajstić information content (AvgIpc) is 2.34. The van der Waals surface area contributed by atoms with Crippen molar-refractivity contribution in [3.63, 3.8) is 0 Å². The quantitative estimate of drug-likeness (QED) is 0.626. The van der Waals surface area contributed by atoms with Crippen LogP contribution in [0.4, 0.5) is 0 Å². The number of hydrogen-bond acceptors (Lipinski definition) is 3. The van der Waals surface area contributed by atoms with E-state index in [1.54, 1.807) is 30.3 Å². The van der Waals surface area contributed by atoms with Crippen LogP contribution in [0, 0.1) is 23.2 Å². The van der Waals surface area contributed by atoms with E-state index in [1.807, 2.05) is 0 Å². The fraction of sp³-hybridized carbons (Fsp3) is 0.154. The number of benzene rings is 1. The highest BCUT2D eigenvalue weighted by atomic mass is 16.4. The van der Waals surface area contributed by atoms with Crippen LogP contribution in [0.25, 0.3) is 0 Å². The summed E-state index contributed by atoms with van der Waals surface area (Å²) < 4.78 is 0. The van der Waals surface area contributed by atoms with Gasteiger partial charge in [-0.2, -0.15) is 5.26 Å². The Hall–Kier alpha value is -2.59. The first-order chi connectivity index (χ1) is 8.13. The Labute approximate surface area is 98.5 Å². The minimum absolute atomic E-state index is 0.0153. The molecule has 1 N–H and O–H groups in total. The molecule has 84 valence electrons. The van der Waals surface area contributed by atoms with Crippen LogP contribution in [0.1, 0.15) is 28.8 Å². The Morgan fingerprint density at radius 3 is 2.35 bits per heavy atom. The maximum absolute atomic E-state index is 11.5. The molecule has 0 aliphatic rings. The molecule has 1 aromatic carbocycles. The molecule has 0 amide bonds.